The van der Waals surface area contributed by atoms with E-state index in [0.717, 1.165) is 9.13 Å². The smallest absolute Gasteiger partial charge is 0.342 e. The summed E-state index contributed by atoms with van der Waals surface area (Å²) >= 11 is 2.13. The average Bonchev–Trinajstić information content (AvgIpc) is 2.96. The van der Waals surface area contributed by atoms with Crippen molar-refractivity contribution in [3.05, 3.63) is 80.7 Å². The van der Waals surface area contributed by atoms with Gasteiger partial charge in [0.25, 0.3) is 5.91 Å². The van der Waals surface area contributed by atoms with Gasteiger partial charge >= 0.3 is 5.97 Å². The van der Waals surface area contributed by atoms with E-state index in [1.807, 2.05) is 55.5 Å². The Morgan fingerprint density at radius 3 is 2.46 bits per heavy atom. The lowest BCUT2D eigenvalue weighted by atomic mass is 10.2. The van der Waals surface area contributed by atoms with Crippen LogP contribution in [0.25, 0.3) is 0 Å². The molecule has 3 rings (SSSR count). The number of amides is 1. The normalized spacial score (nSPS) is 10.5. The SMILES string of the molecule is Cc1nn(Cc2ccccc2)c(C)c1C(=O)OCC(=O)Nc1ccccc1I. The number of hydrogen-bond acceptors (Lipinski definition) is 4. The molecule has 0 radical (unpaired) electrons. The summed E-state index contributed by atoms with van der Waals surface area (Å²) in [6, 6.07) is 17.3. The molecule has 0 saturated heterocycles. The second kappa shape index (κ2) is 9.01. The van der Waals surface area contributed by atoms with Gasteiger partial charge in [0, 0.05) is 3.57 Å². The van der Waals surface area contributed by atoms with Gasteiger partial charge in [-0.25, -0.2) is 4.79 Å². The molecule has 0 saturated carbocycles. The van der Waals surface area contributed by atoms with Crippen molar-refractivity contribution in [2.45, 2.75) is 20.4 Å². The van der Waals surface area contributed by atoms with E-state index in [9.17, 15) is 9.59 Å². The first-order valence-corrected chi connectivity index (χ1v) is 9.83. The van der Waals surface area contributed by atoms with Crippen LogP contribution >= 0.6 is 22.6 Å². The molecule has 144 valence electrons. The standard InChI is InChI=1S/C21H20IN3O3/c1-14-20(15(2)25(24-14)12-16-8-4-3-5-9-16)21(27)28-13-19(26)23-18-11-7-6-10-17(18)22/h3-11H,12-13H2,1-2H3,(H,23,26). The highest BCUT2D eigenvalue weighted by atomic mass is 127. The van der Waals surface area contributed by atoms with Crippen LogP contribution in [0.3, 0.4) is 0 Å². The van der Waals surface area contributed by atoms with Crippen molar-refractivity contribution in [2.24, 2.45) is 0 Å². The van der Waals surface area contributed by atoms with Gasteiger partial charge in [-0.15, -0.1) is 0 Å². The van der Waals surface area contributed by atoms with E-state index < -0.39 is 5.97 Å². The van der Waals surface area contributed by atoms with E-state index in [2.05, 4.69) is 33.0 Å². The highest BCUT2D eigenvalue weighted by Crippen LogP contribution is 2.18. The van der Waals surface area contributed by atoms with Gasteiger partial charge in [0.1, 0.15) is 5.56 Å². The van der Waals surface area contributed by atoms with Gasteiger partial charge < -0.3 is 10.1 Å². The van der Waals surface area contributed by atoms with Gasteiger partial charge in [-0.3, -0.25) is 9.48 Å². The summed E-state index contributed by atoms with van der Waals surface area (Å²) < 4.78 is 7.90. The van der Waals surface area contributed by atoms with Crippen molar-refractivity contribution in [3.63, 3.8) is 0 Å². The minimum atomic E-state index is -0.549. The Bertz CT molecular complexity index is 999. The molecule has 28 heavy (non-hydrogen) atoms. The number of aromatic nitrogens is 2. The maximum Gasteiger partial charge on any atom is 0.342 e. The number of carbonyl (C=O) groups is 2. The summed E-state index contributed by atoms with van der Waals surface area (Å²) in [5, 5.41) is 7.19. The number of nitrogens with one attached hydrogen (secondary N) is 1. The number of hydrogen-bond donors (Lipinski definition) is 1. The van der Waals surface area contributed by atoms with Crippen LogP contribution < -0.4 is 5.32 Å². The quantitative estimate of drug-likeness (QED) is 0.421. The van der Waals surface area contributed by atoms with Crippen LogP contribution in [0.5, 0.6) is 0 Å². The molecule has 0 aliphatic rings. The largest absolute Gasteiger partial charge is 0.452 e. The number of aryl methyl sites for hydroxylation is 1. The van der Waals surface area contributed by atoms with Gasteiger partial charge in [0.05, 0.1) is 23.6 Å². The van der Waals surface area contributed by atoms with Crippen LogP contribution in [0, 0.1) is 17.4 Å². The molecule has 1 N–H and O–H groups in total. The van der Waals surface area contributed by atoms with Gasteiger partial charge in [-0.1, -0.05) is 42.5 Å². The zero-order valence-electron chi connectivity index (χ0n) is 15.6. The lowest BCUT2D eigenvalue weighted by Gasteiger charge is -2.08. The fourth-order valence-electron chi connectivity index (χ4n) is 2.85. The third kappa shape index (κ3) is 4.78. The Kier molecular flexibility index (Phi) is 6.45. The Balaban J connectivity index is 1.64. The predicted molar refractivity (Wildman–Crippen MR) is 115 cm³/mol. The Hall–Kier alpha value is -2.68. The van der Waals surface area contributed by atoms with E-state index in [0.29, 0.717) is 29.2 Å². The lowest BCUT2D eigenvalue weighted by Crippen LogP contribution is -2.21. The number of ether oxygens (including phenoxy) is 1. The number of carbonyl (C=O) groups excluding carboxylic acids is 2. The number of nitrogens with zero attached hydrogens (tertiary/aromatic N) is 2. The molecule has 0 aliphatic heterocycles. The second-order valence-electron chi connectivity index (χ2n) is 6.29. The summed E-state index contributed by atoms with van der Waals surface area (Å²) in [6.45, 7) is 3.80. The van der Waals surface area contributed by atoms with Crippen molar-refractivity contribution >= 4 is 40.2 Å². The number of rotatable bonds is 6. The van der Waals surface area contributed by atoms with E-state index >= 15 is 0 Å². The van der Waals surface area contributed by atoms with Crippen LogP contribution in [-0.2, 0) is 16.1 Å². The molecule has 2 aromatic carbocycles. The fraction of sp³-hybridized carbons (Fsp3) is 0.190. The molecule has 7 heteroatoms. The van der Waals surface area contributed by atoms with Gasteiger partial charge in [0.15, 0.2) is 6.61 Å². The predicted octanol–water partition coefficient (Wildman–Crippen LogP) is 3.95. The molecule has 0 aliphatic carbocycles. The molecule has 0 bridgehead atoms. The molecule has 0 unspecified atom stereocenters. The maximum absolute atomic E-state index is 12.5. The summed E-state index contributed by atoms with van der Waals surface area (Å²) in [6.07, 6.45) is 0. The Morgan fingerprint density at radius 2 is 1.75 bits per heavy atom. The third-order valence-corrected chi connectivity index (χ3v) is 5.18. The first-order valence-electron chi connectivity index (χ1n) is 8.75. The van der Waals surface area contributed by atoms with Gasteiger partial charge in [0.2, 0.25) is 0 Å². The Labute approximate surface area is 177 Å². The first-order chi connectivity index (χ1) is 13.5. The van der Waals surface area contributed by atoms with Crippen molar-refractivity contribution in [1.29, 1.82) is 0 Å². The molecule has 0 atom stereocenters. The third-order valence-electron chi connectivity index (χ3n) is 4.24. The Morgan fingerprint density at radius 1 is 1.07 bits per heavy atom. The molecule has 6 nitrogen and oxygen atoms in total. The maximum atomic E-state index is 12.5. The van der Waals surface area contributed by atoms with E-state index in [-0.39, 0.29) is 12.5 Å². The van der Waals surface area contributed by atoms with Gasteiger partial charge in [-0.05, 0) is 54.1 Å². The van der Waals surface area contributed by atoms with Crippen molar-refractivity contribution < 1.29 is 14.3 Å². The average molecular weight is 489 g/mol. The summed E-state index contributed by atoms with van der Waals surface area (Å²) in [5.74, 6) is -0.934. The molecule has 0 fully saturated rings. The fourth-order valence-corrected chi connectivity index (χ4v) is 3.38. The minimum absolute atomic E-state index is 0.355. The first kappa shape index (κ1) is 20.1. The van der Waals surface area contributed by atoms with Crippen LogP contribution in [0.1, 0.15) is 27.3 Å². The molecule has 3 aromatic rings. The zero-order valence-corrected chi connectivity index (χ0v) is 17.8. The van der Waals surface area contributed by atoms with Crippen LogP contribution in [0.4, 0.5) is 5.69 Å². The molecule has 1 heterocycles. The number of para-hydroxylation sites is 1. The van der Waals surface area contributed by atoms with Crippen molar-refractivity contribution in [1.82, 2.24) is 9.78 Å². The highest BCUT2D eigenvalue weighted by Gasteiger charge is 2.21. The molecule has 1 amide bonds. The van der Waals surface area contributed by atoms with E-state index in [1.165, 1.54) is 0 Å². The minimum Gasteiger partial charge on any atom is -0.452 e. The summed E-state index contributed by atoms with van der Waals surface area (Å²) in [7, 11) is 0. The summed E-state index contributed by atoms with van der Waals surface area (Å²) in [4.78, 5) is 24.6. The van der Waals surface area contributed by atoms with E-state index in [1.54, 1.807) is 17.7 Å². The summed E-state index contributed by atoms with van der Waals surface area (Å²) in [5.41, 5.74) is 3.47. The van der Waals surface area contributed by atoms with Crippen LogP contribution in [0.15, 0.2) is 54.6 Å². The number of anilines is 1. The van der Waals surface area contributed by atoms with Crippen LogP contribution in [-0.4, -0.2) is 28.3 Å². The second-order valence-corrected chi connectivity index (χ2v) is 7.46. The molecular weight excluding hydrogens is 469 g/mol. The topological polar surface area (TPSA) is 73.2 Å². The van der Waals surface area contributed by atoms with E-state index in [4.69, 9.17) is 4.74 Å². The monoisotopic (exact) mass is 489 g/mol. The number of halogens is 1. The van der Waals surface area contributed by atoms with Gasteiger partial charge in [-0.2, -0.15) is 5.10 Å². The number of benzene rings is 2. The molecule has 1 aromatic heterocycles. The molecular formula is C21H20IN3O3. The van der Waals surface area contributed by atoms with Crippen molar-refractivity contribution in [2.75, 3.05) is 11.9 Å². The molecule has 0 spiro atoms. The lowest BCUT2D eigenvalue weighted by molar-refractivity contribution is -0.119. The highest BCUT2D eigenvalue weighted by molar-refractivity contribution is 14.1. The van der Waals surface area contributed by atoms with Crippen molar-refractivity contribution in [3.8, 4) is 0 Å². The van der Waals surface area contributed by atoms with Crippen LogP contribution in [0.2, 0.25) is 0 Å². The zero-order chi connectivity index (χ0) is 20.1. The number of esters is 1.